The number of para-hydroxylation sites is 1. The average molecular weight is 306 g/mol. The molecule has 0 unspecified atom stereocenters. The van der Waals surface area contributed by atoms with Gasteiger partial charge in [-0.25, -0.2) is 0 Å². The normalized spacial score (nSPS) is 11.1. The minimum Gasteiger partial charge on any atom is -0.494 e. The molecule has 0 atom stereocenters. The third kappa shape index (κ3) is 3.77. The highest BCUT2D eigenvalue weighted by molar-refractivity contribution is 7.98. The first kappa shape index (κ1) is 15.9. The third-order valence-corrected chi connectivity index (χ3v) is 4.06. The molecule has 114 valence electrons. The van der Waals surface area contributed by atoms with Gasteiger partial charge in [0, 0.05) is 17.4 Å². The summed E-state index contributed by atoms with van der Waals surface area (Å²) in [5, 5.41) is 9.32. The Labute approximate surface area is 129 Å². The van der Waals surface area contributed by atoms with E-state index >= 15 is 0 Å². The molecule has 0 saturated heterocycles. The highest BCUT2D eigenvalue weighted by Gasteiger charge is 2.14. The zero-order valence-corrected chi connectivity index (χ0v) is 13.6. The van der Waals surface area contributed by atoms with E-state index in [0.29, 0.717) is 19.2 Å². The van der Waals surface area contributed by atoms with Crippen molar-refractivity contribution in [3.05, 3.63) is 35.7 Å². The van der Waals surface area contributed by atoms with Gasteiger partial charge in [0.05, 0.1) is 13.2 Å². The van der Waals surface area contributed by atoms with Gasteiger partial charge in [-0.2, -0.15) is 0 Å². The molecule has 1 aromatic heterocycles. The zero-order valence-electron chi connectivity index (χ0n) is 12.7. The fourth-order valence-corrected chi connectivity index (χ4v) is 3.20. The van der Waals surface area contributed by atoms with E-state index in [2.05, 4.69) is 34.7 Å². The molecule has 0 spiro atoms. The highest BCUT2D eigenvalue weighted by atomic mass is 32.2. The fraction of sp³-hybridized carbons (Fsp3) is 0.467. The average Bonchev–Trinajstić information content (AvgIpc) is 2.90. The van der Waals surface area contributed by atoms with Crippen molar-refractivity contribution in [3.63, 3.8) is 0 Å². The number of hydrogen-bond donors (Lipinski definition) is 1. The summed E-state index contributed by atoms with van der Waals surface area (Å²) in [4.78, 5) is 0. The Balaban J connectivity index is 2.15. The van der Waals surface area contributed by atoms with Crippen molar-refractivity contribution >= 4 is 11.8 Å². The molecule has 2 N–H and O–H groups in total. The first-order chi connectivity index (χ1) is 10.2. The van der Waals surface area contributed by atoms with Crippen LogP contribution in [0.25, 0.3) is 0 Å². The number of ether oxygens (including phenoxy) is 1. The fourth-order valence-electron chi connectivity index (χ4n) is 2.13. The summed E-state index contributed by atoms with van der Waals surface area (Å²) in [7, 11) is 0. The predicted molar refractivity (Wildman–Crippen MR) is 85.5 cm³/mol. The van der Waals surface area contributed by atoms with Gasteiger partial charge in [0.1, 0.15) is 11.6 Å². The molecule has 6 heteroatoms. The van der Waals surface area contributed by atoms with Crippen LogP contribution in [0.2, 0.25) is 0 Å². The summed E-state index contributed by atoms with van der Waals surface area (Å²) in [5.74, 6) is 2.55. The molecular weight excluding hydrogens is 284 g/mol. The Morgan fingerprint density at radius 2 is 2.05 bits per heavy atom. The second-order valence-electron chi connectivity index (χ2n) is 4.90. The predicted octanol–water partition coefficient (Wildman–Crippen LogP) is 3.01. The minimum absolute atomic E-state index is 0.295. The quantitative estimate of drug-likeness (QED) is 0.797. The van der Waals surface area contributed by atoms with Crippen molar-refractivity contribution < 1.29 is 4.74 Å². The van der Waals surface area contributed by atoms with Crippen LogP contribution in [0, 0.1) is 0 Å². The van der Waals surface area contributed by atoms with Crippen LogP contribution >= 0.6 is 11.8 Å². The Morgan fingerprint density at radius 1 is 1.29 bits per heavy atom. The molecule has 5 nitrogen and oxygen atoms in total. The summed E-state index contributed by atoms with van der Waals surface area (Å²) < 4.78 is 7.74. The topological polar surface area (TPSA) is 66.0 Å². The monoisotopic (exact) mass is 306 g/mol. The van der Waals surface area contributed by atoms with Crippen molar-refractivity contribution in [1.82, 2.24) is 14.8 Å². The Kier molecular flexibility index (Phi) is 5.64. The SMILES string of the molecule is CCOc1ccccc1CSc1nnc(CN)n1C(C)C. The van der Waals surface area contributed by atoms with E-state index in [9.17, 15) is 0 Å². The molecule has 2 aromatic rings. The maximum absolute atomic E-state index is 5.72. The van der Waals surface area contributed by atoms with Crippen LogP contribution in [0.5, 0.6) is 5.75 Å². The van der Waals surface area contributed by atoms with Crippen LogP contribution < -0.4 is 10.5 Å². The molecule has 21 heavy (non-hydrogen) atoms. The standard InChI is InChI=1S/C15H22N4OS/c1-4-20-13-8-6-5-7-12(13)10-21-15-18-17-14(9-16)19(15)11(2)3/h5-8,11H,4,9-10,16H2,1-3H3. The lowest BCUT2D eigenvalue weighted by atomic mass is 10.2. The van der Waals surface area contributed by atoms with Crippen molar-refractivity contribution in [2.45, 2.75) is 44.3 Å². The molecule has 0 aliphatic carbocycles. The largest absolute Gasteiger partial charge is 0.494 e. The van der Waals surface area contributed by atoms with Gasteiger partial charge < -0.3 is 15.0 Å². The first-order valence-electron chi connectivity index (χ1n) is 7.14. The first-order valence-corrected chi connectivity index (χ1v) is 8.13. The third-order valence-electron chi connectivity index (χ3n) is 3.06. The van der Waals surface area contributed by atoms with Crippen LogP contribution in [-0.4, -0.2) is 21.4 Å². The number of rotatable bonds is 7. The molecule has 1 aromatic carbocycles. The number of nitrogens with two attached hydrogens (primary N) is 1. The van der Waals surface area contributed by atoms with Crippen LogP contribution in [0.1, 0.15) is 38.2 Å². The molecule has 0 aliphatic heterocycles. The Hall–Kier alpha value is -1.53. The van der Waals surface area contributed by atoms with Crippen LogP contribution in [0.15, 0.2) is 29.4 Å². The van der Waals surface area contributed by atoms with E-state index in [1.165, 1.54) is 0 Å². The lowest BCUT2D eigenvalue weighted by molar-refractivity contribution is 0.337. The second-order valence-corrected chi connectivity index (χ2v) is 5.84. The van der Waals surface area contributed by atoms with E-state index in [-0.39, 0.29) is 0 Å². The van der Waals surface area contributed by atoms with Gasteiger partial charge in [0.15, 0.2) is 5.16 Å². The highest BCUT2D eigenvalue weighted by Crippen LogP contribution is 2.28. The summed E-state index contributed by atoms with van der Waals surface area (Å²) in [6.07, 6.45) is 0. The van der Waals surface area contributed by atoms with Crippen LogP contribution in [0.3, 0.4) is 0 Å². The van der Waals surface area contributed by atoms with Crippen LogP contribution in [0.4, 0.5) is 0 Å². The number of hydrogen-bond acceptors (Lipinski definition) is 5. The maximum atomic E-state index is 5.72. The molecule has 0 radical (unpaired) electrons. The second kappa shape index (κ2) is 7.47. The summed E-state index contributed by atoms with van der Waals surface area (Å²) in [6.45, 7) is 7.29. The van der Waals surface area contributed by atoms with Gasteiger partial charge in [-0.1, -0.05) is 30.0 Å². The lowest BCUT2D eigenvalue weighted by Gasteiger charge is -2.13. The van der Waals surface area contributed by atoms with Gasteiger partial charge in [-0.15, -0.1) is 10.2 Å². The van der Waals surface area contributed by atoms with Gasteiger partial charge in [0.2, 0.25) is 0 Å². The van der Waals surface area contributed by atoms with E-state index < -0.39 is 0 Å². The van der Waals surface area contributed by atoms with E-state index in [0.717, 1.165) is 28.0 Å². The molecule has 0 amide bonds. The van der Waals surface area contributed by atoms with Crippen molar-refractivity contribution in [1.29, 1.82) is 0 Å². The van der Waals surface area contributed by atoms with Gasteiger partial charge in [-0.3, -0.25) is 0 Å². The smallest absolute Gasteiger partial charge is 0.191 e. The van der Waals surface area contributed by atoms with E-state index in [1.807, 2.05) is 25.1 Å². The number of nitrogens with zero attached hydrogens (tertiary/aromatic N) is 3. The van der Waals surface area contributed by atoms with Crippen molar-refractivity contribution in [2.24, 2.45) is 5.73 Å². The van der Waals surface area contributed by atoms with Gasteiger partial charge in [0.25, 0.3) is 0 Å². The number of aromatic nitrogens is 3. The number of benzene rings is 1. The summed E-state index contributed by atoms with van der Waals surface area (Å²) >= 11 is 1.66. The molecule has 1 heterocycles. The van der Waals surface area contributed by atoms with Crippen molar-refractivity contribution in [2.75, 3.05) is 6.61 Å². The minimum atomic E-state index is 0.295. The van der Waals surface area contributed by atoms with Crippen molar-refractivity contribution in [3.8, 4) is 5.75 Å². The summed E-state index contributed by atoms with van der Waals surface area (Å²) in [6, 6.07) is 8.39. The zero-order chi connectivity index (χ0) is 15.2. The molecule has 0 saturated carbocycles. The Bertz CT molecular complexity index is 583. The lowest BCUT2D eigenvalue weighted by Crippen LogP contribution is -2.11. The van der Waals surface area contributed by atoms with E-state index in [4.69, 9.17) is 10.5 Å². The van der Waals surface area contributed by atoms with Gasteiger partial charge >= 0.3 is 0 Å². The van der Waals surface area contributed by atoms with Crippen LogP contribution in [-0.2, 0) is 12.3 Å². The molecule has 0 aliphatic rings. The molecular formula is C15H22N4OS. The molecule has 0 fully saturated rings. The summed E-state index contributed by atoms with van der Waals surface area (Å²) in [5.41, 5.74) is 6.88. The Morgan fingerprint density at radius 3 is 2.71 bits per heavy atom. The molecule has 2 rings (SSSR count). The molecule has 0 bridgehead atoms. The van der Waals surface area contributed by atoms with E-state index in [1.54, 1.807) is 11.8 Å². The maximum Gasteiger partial charge on any atom is 0.191 e. The number of thioether (sulfide) groups is 1. The van der Waals surface area contributed by atoms with Gasteiger partial charge in [-0.05, 0) is 26.8 Å².